The average molecular weight is 286 g/mol. The maximum atomic E-state index is 12.0. The summed E-state index contributed by atoms with van der Waals surface area (Å²) < 4.78 is 4.63. The van der Waals surface area contributed by atoms with Crippen LogP contribution in [0.4, 0.5) is 4.79 Å². The molecule has 3 amide bonds. The zero-order valence-electron chi connectivity index (χ0n) is 11.9. The van der Waals surface area contributed by atoms with Crippen molar-refractivity contribution < 1.29 is 24.2 Å². The molecule has 0 aromatic heterocycles. The molecular weight excluding hydrogens is 264 g/mol. The van der Waals surface area contributed by atoms with Gasteiger partial charge in [-0.1, -0.05) is 13.8 Å². The van der Waals surface area contributed by atoms with E-state index in [1.807, 2.05) is 0 Å². The summed E-state index contributed by atoms with van der Waals surface area (Å²) in [6.07, 6.45) is 2.82. The molecule has 20 heavy (non-hydrogen) atoms. The number of hydrogen-bond acceptors (Lipinski definition) is 4. The second-order valence-corrected chi connectivity index (χ2v) is 5.35. The predicted octanol–water partition coefficient (Wildman–Crippen LogP) is 0.834. The van der Waals surface area contributed by atoms with Gasteiger partial charge in [0.25, 0.3) is 5.91 Å². The fourth-order valence-electron chi connectivity index (χ4n) is 1.69. The summed E-state index contributed by atoms with van der Waals surface area (Å²) in [6, 6.07) is -0.196. The topological polar surface area (TPSA) is 95.9 Å². The molecule has 1 saturated carbocycles. The normalized spacial score (nSPS) is 14.2. The highest BCUT2D eigenvalue weighted by Gasteiger charge is 2.32. The summed E-state index contributed by atoms with van der Waals surface area (Å²) in [7, 11) is 0. The minimum Gasteiger partial charge on any atom is -0.480 e. The highest BCUT2D eigenvalue weighted by molar-refractivity contribution is 5.95. The molecule has 0 spiro atoms. The number of aliphatic carboxylic acids is 1. The number of carbonyl (C=O) groups is 3. The molecule has 2 N–H and O–H groups in total. The van der Waals surface area contributed by atoms with Gasteiger partial charge in [0.15, 0.2) is 0 Å². The van der Waals surface area contributed by atoms with Crippen molar-refractivity contribution in [2.24, 2.45) is 5.92 Å². The maximum Gasteiger partial charge on any atom is 0.329 e. The van der Waals surface area contributed by atoms with Crippen LogP contribution in [0, 0.1) is 5.92 Å². The fourth-order valence-corrected chi connectivity index (χ4v) is 1.69. The Morgan fingerprint density at radius 1 is 1.30 bits per heavy atom. The van der Waals surface area contributed by atoms with Gasteiger partial charge in [0.2, 0.25) is 0 Å². The molecule has 1 aliphatic rings. The molecule has 0 unspecified atom stereocenters. The van der Waals surface area contributed by atoms with Crippen LogP contribution in [0.5, 0.6) is 0 Å². The van der Waals surface area contributed by atoms with Gasteiger partial charge in [-0.3, -0.25) is 10.1 Å². The van der Waals surface area contributed by atoms with Crippen LogP contribution in [0.15, 0.2) is 0 Å². The van der Waals surface area contributed by atoms with Gasteiger partial charge >= 0.3 is 12.0 Å². The molecule has 7 nitrogen and oxygen atoms in total. The van der Waals surface area contributed by atoms with Crippen molar-refractivity contribution in [2.75, 3.05) is 19.8 Å². The molecule has 0 heterocycles. The lowest BCUT2D eigenvalue weighted by Crippen LogP contribution is -2.46. The number of amides is 3. The number of carbonyl (C=O) groups excluding carboxylic acids is 2. The van der Waals surface area contributed by atoms with Gasteiger partial charge in [-0.2, -0.15) is 0 Å². The van der Waals surface area contributed by atoms with Crippen molar-refractivity contribution in [1.82, 2.24) is 10.2 Å². The number of carboxylic acid groups (broad SMARTS) is 1. The smallest absolute Gasteiger partial charge is 0.329 e. The first-order chi connectivity index (χ1) is 9.40. The minimum atomic E-state index is -1.15. The molecule has 1 rings (SSSR count). The van der Waals surface area contributed by atoms with E-state index in [-0.39, 0.29) is 6.04 Å². The lowest BCUT2D eigenvalue weighted by atomic mass is 10.1. The largest absolute Gasteiger partial charge is 0.480 e. The lowest BCUT2D eigenvalue weighted by molar-refractivity contribution is -0.143. The Bertz CT molecular complexity index is 366. The first-order valence-corrected chi connectivity index (χ1v) is 6.80. The summed E-state index contributed by atoms with van der Waals surface area (Å²) in [5.41, 5.74) is 0. The molecule has 0 radical (unpaired) electrons. The Hall–Kier alpha value is -1.63. The Morgan fingerprint density at radius 2 is 1.95 bits per heavy atom. The van der Waals surface area contributed by atoms with Gasteiger partial charge in [-0.05, 0) is 25.2 Å². The number of rotatable bonds is 8. The molecule has 114 valence electrons. The van der Waals surface area contributed by atoms with Gasteiger partial charge in [0.05, 0.1) is 0 Å². The summed E-state index contributed by atoms with van der Waals surface area (Å²) >= 11 is 0. The molecule has 0 aromatic carbocycles. The van der Waals surface area contributed by atoms with Gasteiger partial charge in [-0.15, -0.1) is 0 Å². The van der Waals surface area contributed by atoms with E-state index in [4.69, 9.17) is 5.11 Å². The predicted molar refractivity (Wildman–Crippen MR) is 71.2 cm³/mol. The van der Waals surface area contributed by atoms with Crippen molar-refractivity contribution in [2.45, 2.75) is 39.2 Å². The third kappa shape index (κ3) is 6.51. The Labute approximate surface area is 118 Å². The standard InChI is InChI=1S/C13H22N2O5/c1-9(2)5-6-15(10-3-4-10)13(19)14-11(16)7-20-8-12(17)18/h9-10H,3-8H2,1-2H3,(H,17,18)(H,14,16,19). The van der Waals surface area contributed by atoms with Crippen LogP contribution in [-0.2, 0) is 14.3 Å². The number of nitrogens with zero attached hydrogens (tertiary/aromatic N) is 1. The fraction of sp³-hybridized carbons (Fsp3) is 0.769. The number of nitrogens with one attached hydrogen (secondary N) is 1. The third-order valence-corrected chi connectivity index (χ3v) is 2.90. The van der Waals surface area contributed by atoms with Crippen molar-refractivity contribution >= 4 is 17.9 Å². The van der Waals surface area contributed by atoms with E-state index in [1.165, 1.54) is 0 Å². The lowest BCUT2D eigenvalue weighted by Gasteiger charge is -2.23. The van der Waals surface area contributed by atoms with E-state index in [2.05, 4.69) is 23.9 Å². The number of hydrogen-bond donors (Lipinski definition) is 2. The molecule has 1 fully saturated rings. The molecule has 0 aromatic rings. The zero-order valence-corrected chi connectivity index (χ0v) is 11.9. The summed E-state index contributed by atoms with van der Waals surface area (Å²) in [4.78, 5) is 35.3. The number of carboxylic acids is 1. The van der Waals surface area contributed by atoms with Crippen LogP contribution in [0.2, 0.25) is 0 Å². The number of urea groups is 1. The molecule has 1 aliphatic carbocycles. The summed E-state index contributed by atoms with van der Waals surface area (Å²) in [5.74, 6) is -1.29. The van der Waals surface area contributed by atoms with Crippen molar-refractivity contribution in [3.8, 4) is 0 Å². The monoisotopic (exact) mass is 286 g/mol. The second-order valence-electron chi connectivity index (χ2n) is 5.35. The number of imide groups is 1. The Morgan fingerprint density at radius 3 is 2.45 bits per heavy atom. The van der Waals surface area contributed by atoms with Crippen LogP contribution in [-0.4, -0.2) is 53.7 Å². The zero-order chi connectivity index (χ0) is 15.1. The Balaban J connectivity index is 2.33. The maximum absolute atomic E-state index is 12.0. The van der Waals surface area contributed by atoms with Gasteiger partial charge in [-0.25, -0.2) is 9.59 Å². The molecule has 0 aliphatic heterocycles. The van der Waals surface area contributed by atoms with Crippen LogP contribution in [0.25, 0.3) is 0 Å². The average Bonchev–Trinajstić information content (AvgIpc) is 3.12. The SMILES string of the molecule is CC(C)CCN(C(=O)NC(=O)COCC(=O)O)C1CC1. The van der Waals surface area contributed by atoms with Gasteiger partial charge in [0, 0.05) is 12.6 Å². The first kappa shape index (κ1) is 16.4. The molecule has 0 atom stereocenters. The number of ether oxygens (including phenoxy) is 1. The van der Waals surface area contributed by atoms with Crippen LogP contribution in [0.1, 0.15) is 33.1 Å². The summed E-state index contributed by atoms with van der Waals surface area (Å²) in [5, 5.41) is 10.6. The first-order valence-electron chi connectivity index (χ1n) is 6.80. The van der Waals surface area contributed by atoms with E-state index < -0.39 is 31.1 Å². The van der Waals surface area contributed by atoms with E-state index in [0.29, 0.717) is 12.5 Å². The highest BCUT2D eigenvalue weighted by Crippen LogP contribution is 2.27. The minimum absolute atomic E-state index is 0.224. The van der Waals surface area contributed by atoms with E-state index in [9.17, 15) is 14.4 Å². The van der Waals surface area contributed by atoms with Gasteiger partial charge < -0.3 is 14.7 Å². The van der Waals surface area contributed by atoms with Gasteiger partial charge in [0.1, 0.15) is 13.2 Å². The van der Waals surface area contributed by atoms with E-state index in [1.54, 1.807) is 4.90 Å². The molecule has 0 saturated heterocycles. The van der Waals surface area contributed by atoms with Crippen LogP contribution >= 0.6 is 0 Å². The van der Waals surface area contributed by atoms with E-state index in [0.717, 1.165) is 19.3 Å². The second kappa shape index (κ2) is 7.84. The quantitative estimate of drug-likeness (QED) is 0.689. The van der Waals surface area contributed by atoms with Crippen LogP contribution in [0.3, 0.4) is 0 Å². The van der Waals surface area contributed by atoms with Crippen molar-refractivity contribution in [3.05, 3.63) is 0 Å². The molecule has 0 bridgehead atoms. The summed E-state index contributed by atoms with van der Waals surface area (Å²) in [6.45, 7) is 3.79. The molecular formula is C13H22N2O5. The molecule has 7 heteroatoms. The third-order valence-electron chi connectivity index (χ3n) is 2.90. The van der Waals surface area contributed by atoms with Crippen LogP contribution < -0.4 is 5.32 Å². The highest BCUT2D eigenvalue weighted by atomic mass is 16.5. The Kier molecular flexibility index (Phi) is 6.44. The van der Waals surface area contributed by atoms with E-state index >= 15 is 0 Å². The van der Waals surface area contributed by atoms with Crippen molar-refractivity contribution in [1.29, 1.82) is 0 Å². The van der Waals surface area contributed by atoms with Crippen molar-refractivity contribution in [3.63, 3.8) is 0 Å².